The number of hydrogen-bond donors (Lipinski definition) is 1. The van der Waals surface area contributed by atoms with E-state index in [4.69, 9.17) is 0 Å². The Morgan fingerprint density at radius 2 is 2.28 bits per heavy atom. The molecular weight excluding hydrogens is 244 g/mol. The molecule has 0 radical (unpaired) electrons. The van der Waals surface area contributed by atoms with E-state index in [0.717, 1.165) is 12.3 Å². The number of rotatable bonds is 1. The third-order valence-electron chi connectivity index (χ3n) is 2.84. The summed E-state index contributed by atoms with van der Waals surface area (Å²) in [5.41, 5.74) is -0.413. The zero-order chi connectivity index (χ0) is 13.3. The van der Waals surface area contributed by atoms with Crippen molar-refractivity contribution >= 4 is 11.8 Å². The van der Waals surface area contributed by atoms with Gasteiger partial charge in [0.25, 0.3) is 5.91 Å². The zero-order valence-corrected chi connectivity index (χ0v) is 9.61. The van der Waals surface area contributed by atoms with E-state index in [1.807, 2.05) is 0 Å². The van der Waals surface area contributed by atoms with Crippen molar-refractivity contribution in [3.63, 3.8) is 0 Å². The number of hydrogen-bond acceptors (Lipinski definition) is 3. The second-order valence-corrected chi connectivity index (χ2v) is 3.93. The Labute approximate surface area is 102 Å². The fraction of sp³-hybridized carbons (Fsp3) is 0.364. The van der Waals surface area contributed by atoms with Crippen molar-refractivity contribution in [3.8, 4) is 0 Å². The van der Waals surface area contributed by atoms with Gasteiger partial charge in [0.2, 0.25) is 11.9 Å². The molecule has 7 heteroatoms. The molecule has 0 bridgehead atoms. The molecule has 1 aromatic rings. The third kappa shape index (κ3) is 2.03. The number of halogens is 2. The molecule has 0 aromatic carbocycles. The maximum absolute atomic E-state index is 13.4. The molecule has 2 heterocycles. The Bertz CT molecular complexity index is 507. The van der Waals surface area contributed by atoms with Crippen molar-refractivity contribution in [1.29, 1.82) is 0 Å². The van der Waals surface area contributed by atoms with Crippen LogP contribution >= 0.6 is 0 Å². The quantitative estimate of drug-likeness (QED) is 0.735. The summed E-state index contributed by atoms with van der Waals surface area (Å²) in [7, 11) is 0. The van der Waals surface area contributed by atoms with Crippen molar-refractivity contribution in [1.82, 2.24) is 15.2 Å². The summed E-state index contributed by atoms with van der Waals surface area (Å²) < 4.78 is 26.4. The van der Waals surface area contributed by atoms with Crippen LogP contribution in [0, 0.1) is 11.8 Å². The molecule has 18 heavy (non-hydrogen) atoms. The van der Waals surface area contributed by atoms with E-state index in [1.54, 1.807) is 0 Å². The first kappa shape index (κ1) is 12.4. The molecule has 1 N–H and O–H groups in total. The summed E-state index contributed by atoms with van der Waals surface area (Å²) in [5, 5.41) is 2.58. The van der Waals surface area contributed by atoms with Gasteiger partial charge in [0.1, 0.15) is 6.04 Å². The van der Waals surface area contributed by atoms with Gasteiger partial charge in [-0.3, -0.25) is 9.59 Å². The van der Waals surface area contributed by atoms with Gasteiger partial charge in [-0.15, -0.1) is 0 Å². The Morgan fingerprint density at radius 1 is 1.56 bits per heavy atom. The lowest BCUT2D eigenvalue weighted by atomic mass is 10.1. The molecule has 5 nitrogen and oxygen atoms in total. The average molecular weight is 255 g/mol. The summed E-state index contributed by atoms with van der Waals surface area (Å²) in [6.07, 6.45) is 1.01. The molecule has 0 saturated carbocycles. The standard InChI is InChI=1S/C11H11F2N3O2/c1-6-10(17)15-4-5-16(6)11(18)7-2-3-14-9(13)8(7)12/h2-3,6H,4-5H2,1H3,(H,15,17). The Balaban J connectivity index is 2.31. The van der Waals surface area contributed by atoms with Crippen LogP contribution in [0.5, 0.6) is 0 Å². The maximum atomic E-state index is 13.4. The van der Waals surface area contributed by atoms with E-state index in [2.05, 4.69) is 10.3 Å². The highest BCUT2D eigenvalue weighted by molar-refractivity contribution is 5.98. The molecule has 2 amide bonds. The molecule has 96 valence electrons. The van der Waals surface area contributed by atoms with Crippen LogP contribution < -0.4 is 5.32 Å². The van der Waals surface area contributed by atoms with Crippen molar-refractivity contribution in [2.24, 2.45) is 0 Å². The number of carbonyl (C=O) groups is 2. The molecule has 1 aliphatic rings. The second kappa shape index (κ2) is 4.67. The lowest BCUT2D eigenvalue weighted by Crippen LogP contribution is -2.56. The van der Waals surface area contributed by atoms with Crippen LogP contribution in [0.3, 0.4) is 0 Å². The molecule has 0 aliphatic carbocycles. The van der Waals surface area contributed by atoms with Crippen LogP contribution in [-0.2, 0) is 4.79 Å². The summed E-state index contributed by atoms with van der Waals surface area (Å²) >= 11 is 0. The summed E-state index contributed by atoms with van der Waals surface area (Å²) in [6, 6.07) is 0.391. The first-order valence-corrected chi connectivity index (χ1v) is 5.41. The molecule has 2 rings (SSSR count). The van der Waals surface area contributed by atoms with E-state index in [9.17, 15) is 18.4 Å². The van der Waals surface area contributed by atoms with Crippen LogP contribution in [0.2, 0.25) is 0 Å². The van der Waals surface area contributed by atoms with Gasteiger partial charge in [-0.2, -0.15) is 4.39 Å². The largest absolute Gasteiger partial charge is 0.353 e. The van der Waals surface area contributed by atoms with Crippen LogP contribution in [-0.4, -0.2) is 40.8 Å². The fourth-order valence-electron chi connectivity index (χ4n) is 1.80. The van der Waals surface area contributed by atoms with E-state index in [0.29, 0.717) is 6.54 Å². The molecule has 1 atom stereocenters. The summed E-state index contributed by atoms with van der Waals surface area (Å²) in [4.78, 5) is 27.8. The highest BCUT2D eigenvalue weighted by Crippen LogP contribution is 2.15. The monoisotopic (exact) mass is 255 g/mol. The minimum absolute atomic E-state index is 0.259. The lowest BCUT2D eigenvalue weighted by Gasteiger charge is -2.32. The molecular formula is C11H11F2N3O2. The smallest absolute Gasteiger partial charge is 0.257 e. The number of carbonyl (C=O) groups excluding carboxylic acids is 2. The van der Waals surface area contributed by atoms with E-state index < -0.39 is 29.3 Å². The fourth-order valence-corrected chi connectivity index (χ4v) is 1.80. The van der Waals surface area contributed by atoms with Gasteiger partial charge in [-0.25, -0.2) is 9.37 Å². The Kier molecular flexibility index (Phi) is 3.22. The molecule has 1 aliphatic heterocycles. The van der Waals surface area contributed by atoms with Crippen molar-refractivity contribution < 1.29 is 18.4 Å². The van der Waals surface area contributed by atoms with Gasteiger partial charge >= 0.3 is 0 Å². The van der Waals surface area contributed by atoms with Gasteiger partial charge in [0.15, 0.2) is 5.82 Å². The third-order valence-corrected chi connectivity index (χ3v) is 2.84. The zero-order valence-electron chi connectivity index (χ0n) is 9.61. The Hall–Kier alpha value is -2.05. The molecule has 1 fully saturated rings. The lowest BCUT2D eigenvalue weighted by molar-refractivity contribution is -0.127. The predicted octanol–water partition coefficient (Wildman–Crippen LogP) is 0.320. The van der Waals surface area contributed by atoms with Crippen LogP contribution in [0.4, 0.5) is 8.78 Å². The predicted molar refractivity (Wildman–Crippen MR) is 57.7 cm³/mol. The molecule has 0 spiro atoms. The first-order valence-electron chi connectivity index (χ1n) is 5.41. The van der Waals surface area contributed by atoms with Crippen molar-refractivity contribution in [2.45, 2.75) is 13.0 Å². The average Bonchev–Trinajstić information content (AvgIpc) is 2.35. The van der Waals surface area contributed by atoms with Crippen LogP contribution in [0.15, 0.2) is 12.3 Å². The van der Waals surface area contributed by atoms with Crippen molar-refractivity contribution in [2.75, 3.05) is 13.1 Å². The molecule has 1 unspecified atom stereocenters. The van der Waals surface area contributed by atoms with E-state index in [1.165, 1.54) is 11.8 Å². The first-order chi connectivity index (χ1) is 8.52. The normalized spacial score (nSPS) is 19.6. The van der Waals surface area contributed by atoms with Gasteiger partial charge in [-0.1, -0.05) is 0 Å². The second-order valence-electron chi connectivity index (χ2n) is 3.93. The van der Waals surface area contributed by atoms with Gasteiger partial charge in [0.05, 0.1) is 5.56 Å². The van der Waals surface area contributed by atoms with Gasteiger partial charge in [-0.05, 0) is 13.0 Å². The van der Waals surface area contributed by atoms with Gasteiger partial charge in [0, 0.05) is 19.3 Å². The minimum atomic E-state index is -1.32. The van der Waals surface area contributed by atoms with E-state index >= 15 is 0 Å². The number of nitrogens with zero attached hydrogens (tertiary/aromatic N) is 2. The number of piperazine rings is 1. The number of aromatic nitrogens is 1. The summed E-state index contributed by atoms with van der Waals surface area (Å²) in [6.45, 7) is 2.08. The van der Waals surface area contributed by atoms with Crippen LogP contribution in [0.25, 0.3) is 0 Å². The summed E-state index contributed by atoms with van der Waals surface area (Å²) in [5.74, 6) is -3.64. The van der Waals surface area contributed by atoms with E-state index in [-0.39, 0.29) is 12.5 Å². The minimum Gasteiger partial charge on any atom is -0.353 e. The number of pyridine rings is 1. The van der Waals surface area contributed by atoms with Crippen LogP contribution in [0.1, 0.15) is 17.3 Å². The number of nitrogens with one attached hydrogen (secondary N) is 1. The molecule has 1 aromatic heterocycles. The topological polar surface area (TPSA) is 62.3 Å². The highest BCUT2D eigenvalue weighted by atomic mass is 19.2. The Morgan fingerprint density at radius 3 is 3.00 bits per heavy atom. The molecule has 1 saturated heterocycles. The van der Waals surface area contributed by atoms with Crippen molar-refractivity contribution in [3.05, 3.63) is 29.6 Å². The van der Waals surface area contributed by atoms with Gasteiger partial charge < -0.3 is 10.2 Å². The maximum Gasteiger partial charge on any atom is 0.257 e. The number of amides is 2. The highest BCUT2D eigenvalue weighted by Gasteiger charge is 2.31. The SMILES string of the molecule is CC1C(=O)NCCN1C(=O)c1ccnc(F)c1F.